The molecule has 11 heavy (non-hydrogen) atoms. The van der Waals surface area contributed by atoms with Gasteiger partial charge in [-0.2, -0.15) is 0 Å². The largest absolute Gasteiger partial charge is 0.505 e. The molecule has 0 saturated carbocycles. The molecule has 0 spiro atoms. The first-order valence-corrected chi connectivity index (χ1v) is 2.83. The summed E-state index contributed by atoms with van der Waals surface area (Å²) in [5, 5.41) is 17.2. The van der Waals surface area contributed by atoms with Crippen molar-refractivity contribution in [1.29, 1.82) is 0 Å². The van der Waals surface area contributed by atoms with E-state index in [2.05, 4.69) is 4.98 Å². The molecular weight excluding hydrogens is 148 g/mol. The summed E-state index contributed by atoms with van der Waals surface area (Å²) < 4.78 is 0. The lowest BCUT2D eigenvalue weighted by atomic mass is 10.2. The van der Waals surface area contributed by atoms with Crippen LogP contribution in [0.1, 0.15) is 10.4 Å². The highest BCUT2D eigenvalue weighted by Gasteiger charge is 2.07. The van der Waals surface area contributed by atoms with Gasteiger partial charge >= 0.3 is 0 Å². The molecule has 3 N–H and O–H groups in total. The first kappa shape index (κ1) is 7.49. The van der Waals surface area contributed by atoms with Crippen LogP contribution in [-0.2, 0) is 0 Å². The summed E-state index contributed by atoms with van der Waals surface area (Å²) in [6.07, 6.45) is 2.45. The Bertz CT molecular complexity index is 274. The minimum Gasteiger partial charge on any atom is -0.505 e. The maximum Gasteiger partial charge on any atom is 0.278 e. The number of nitrogens with zero attached hydrogens (tertiary/aromatic N) is 1. The summed E-state index contributed by atoms with van der Waals surface area (Å²) in [5.41, 5.74) is 1.38. The Balaban J connectivity index is 3.03. The van der Waals surface area contributed by atoms with Gasteiger partial charge in [0.1, 0.15) is 5.75 Å². The molecule has 1 rings (SSSR count). The average molecular weight is 154 g/mol. The van der Waals surface area contributed by atoms with Crippen molar-refractivity contribution < 1.29 is 15.1 Å². The van der Waals surface area contributed by atoms with Gasteiger partial charge in [-0.25, -0.2) is 5.48 Å². The number of amides is 1. The van der Waals surface area contributed by atoms with E-state index in [-0.39, 0.29) is 11.3 Å². The maximum absolute atomic E-state index is 10.7. The van der Waals surface area contributed by atoms with Crippen LogP contribution >= 0.6 is 0 Å². The van der Waals surface area contributed by atoms with E-state index in [0.29, 0.717) is 0 Å². The molecule has 0 fully saturated rings. The molecule has 0 unspecified atom stereocenters. The van der Waals surface area contributed by atoms with Crippen molar-refractivity contribution in [1.82, 2.24) is 10.5 Å². The number of hydrogen-bond donors (Lipinski definition) is 3. The number of aromatic nitrogens is 1. The van der Waals surface area contributed by atoms with E-state index in [4.69, 9.17) is 10.3 Å². The number of rotatable bonds is 1. The van der Waals surface area contributed by atoms with E-state index in [9.17, 15) is 4.79 Å². The summed E-state index contributed by atoms with van der Waals surface area (Å²) in [6.45, 7) is 0. The van der Waals surface area contributed by atoms with E-state index in [1.165, 1.54) is 17.7 Å². The Morgan fingerprint density at radius 1 is 1.64 bits per heavy atom. The van der Waals surface area contributed by atoms with E-state index < -0.39 is 5.91 Å². The van der Waals surface area contributed by atoms with Crippen molar-refractivity contribution in [2.45, 2.75) is 0 Å². The normalized spacial score (nSPS) is 9.18. The standard InChI is InChI=1S/C6H6N2O3/c9-5-3-7-2-1-4(5)6(10)8-11/h1-3,9,11H,(H,8,10). The molecule has 0 atom stereocenters. The Morgan fingerprint density at radius 3 is 2.91 bits per heavy atom. The van der Waals surface area contributed by atoms with Gasteiger partial charge in [-0.1, -0.05) is 0 Å². The van der Waals surface area contributed by atoms with Gasteiger partial charge in [0.05, 0.1) is 11.8 Å². The predicted molar refractivity (Wildman–Crippen MR) is 35.2 cm³/mol. The van der Waals surface area contributed by atoms with Gasteiger partial charge < -0.3 is 5.11 Å². The number of carbonyl (C=O) groups excluding carboxylic acids is 1. The summed E-state index contributed by atoms with van der Waals surface area (Å²) >= 11 is 0. The van der Waals surface area contributed by atoms with Gasteiger partial charge in [0.2, 0.25) is 0 Å². The molecule has 0 bridgehead atoms. The van der Waals surface area contributed by atoms with Crippen LogP contribution in [0.3, 0.4) is 0 Å². The second-order valence-electron chi connectivity index (χ2n) is 1.83. The van der Waals surface area contributed by atoms with Gasteiger partial charge in [0, 0.05) is 6.20 Å². The Labute approximate surface area is 62.3 Å². The molecule has 0 radical (unpaired) electrons. The molecule has 0 saturated heterocycles. The lowest BCUT2D eigenvalue weighted by Crippen LogP contribution is -2.18. The van der Waals surface area contributed by atoms with Crippen molar-refractivity contribution in [2.24, 2.45) is 0 Å². The lowest BCUT2D eigenvalue weighted by molar-refractivity contribution is 0.0703. The van der Waals surface area contributed by atoms with Crippen molar-refractivity contribution in [3.8, 4) is 5.75 Å². The van der Waals surface area contributed by atoms with Crippen molar-refractivity contribution >= 4 is 5.91 Å². The lowest BCUT2D eigenvalue weighted by Gasteiger charge is -1.98. The second-order valence-corrected chi connectivity index (χ2v) is 1.83. The number of nitrogens with one attached hydrogen (secondary N) is 1. The van der Waals surface area contributed by atoms with Crippen LogP contribution in [0, 0.1) is 0 Å². The predicted octanol–water partition coefficient (Wildman–Crippen LogP) is -0.0938. The van der Waals surface area contributed by atoms with Crippen molar-refractivity contribution in [3.05, 3.63) is 24.0 Å². The van der Waals surface area contributed by atoms with Gasteiger partial charge in [-0.05, 0) is 6.07 Å². The molecule has 58 valence electrons. The quantitative estimate of drug-likeness (QED) is 0.390. The Morgan fingerprint density at radius 2 is 2.36 bits per heavy atom. The summed E-state index contributed by atoms with van der Waals surface area (Å²) in [6, 6.07) is 1.29. The van der Waals surface area contributed by atoms with Crippen LogP contribution < -0.4 is 5.48 Å². The van der Waals surface area contributed by atoms with Crippen LogP contribution in [0.2, 0.25) is 0 Å². The molecular formula is C6H6N2O3. The molecule has 1 aromatic rings. The Kier molecular flexibility index (Phi) is 2.03. The van der Waals surface area contributed by atoms with Crippen LogP contribution in [0.25, 0.3) is 0 Å². The minimum absolute atomic E-state index is 0.0116. The van der Waals surface area contributed by atoms with Crippen LogP contribution in [0.5, 0.6) is 5.75 Å². The van der Waals surface area contributed by atoms with E-state index in [1.54, 1.807) is 0 Å². The summed E-state index contributed by atoms with van der Waals surface area (Å²) in [5.74, 6) is -1.02. The third-order valence-corrected chi connectivity index (χ3v) is 1.15. The molecule has 1 aromatic heterocycles. The van der Waals surface area contributed by atoms with Gasteiger partial charge in [0.15, 0.2) is 0 Å². The van der Waals surface area contributed by atoms with Crippen molar-refractivity contribution in [2.75, 3.05) is 0 Å². The number of aromatic hydroxyl groups is 1. The first-order valence-electron chi connectivity index (χ1n) is 2.83. The fraction of sp³-hybridized carbons (Fsp3) is 0. The first-order chi connectivity index (χ1) is 5.25. The second kappa shape index (κ2) is 2.98. The number of pyridine rings is 1. The topological polar surface area (TPSA) is 82.5 Å². The smallest absolute Gasteiger partial charge is 0.278 e. The SMILES string of the molecule is O=C(NO)c1ccncc1O. The van der Waals surface area contributed by atoms with E-state index in [0.717, 1.165) is 6.20 Å². The highest BCUT2D eigenvalue weighted by atomic mass is 16.5. The zero-order valence-corrected chi connectivity index (χ0v) is 5.48. The van der Waals surface area contributed by atoms with Gasteiger partial charge in [-0.3, -0.25) is 15.0 Å². The van der Waals surface area contributed by atoms with E-state index >= 15 is 0 Å². The molecule has 1 heterocycles. The summed E-state index contributed by atoms with van der Waals surface area (Å²) in [4.78, 5) is 14.2. The number of hydroxylamine groups is 1. The monoisotopic (exact) mass is 154 g/mol. The van der Waals surface area contributed by atoms with Crippen LogP contribution in [0.15, 0.2) is 18.5 Å². The van der Waals surface area contributed by atoms with Crippen molar-refractivity contribution in [3.63, 3.8) is 0 Å². The maximum atomic E-state index is 10.7. The zero-order chi connectivity index (χ0) is 8.27. The van der Waals surface area contributed by atoms with Crippen LogP contribution in [0.4, 0.5) is 0 Å². The third-order valence-electron chi connectivity index (χ3n) is 1.15. The number of hydrogen-bond acceptors (Lipinski definition) is 4. The molecule has 0 aliphatic carbocycles. The minimum atomic E-state index is -0.759. The fourth-order valence-electron chi connectivity index (χ4n) is 0.638. The molecule has 0 aliphatic heterocycles. The van der Waals surface area contributed by atoms with Gasteiger partial charge in [0.25, 0.3) is 5.91 Å². The Hall–Kier alpha value is -1.62. The van der Waals surface area contributed by atoms with E-state index in [1.807, 2.05) is 0 Å². The number of carbonyl (C=O) groups is 1. The zero-order valence-electron chi connectivity index (χ0n) is 5.48. The average Bonchev–Trinajstić information content (AvgIpc) is 2.04. The molecule has 1 amide bonds. The molecule has 0 aliphatic rings. The third kappa shape index (κ3) is 1.44. The fourth-order valence-corrected chi connectivity index (χ4v) is 0.638. The highest BCUT2D eigenvalue weighted by Crippen LogP contribution is 2.12. The summed E-state index contributed by atoms with van der Waals surface area (Å²) in [7, 11) is 0. The highest BCUT2D eigenvalue weighted by molar-refractivity contribution is 5.95. The molecule has 0 aromatic carbocycles. The van der Waals surface area contributed by atoms with Gasteiger partial charge in [-0.15, -0.1) is 0 Å². The van der Waals surface area contributed by atoms with Crippen LogP contribution in [-0.4, -0.2) is 21.2 Å². The molecule has 5 nitrogen and oxygen atoms in total. The molecule has 5 heteroatoms.